The van der Waals surface area contributed by atoms with Gasteiger partial charge in [-0.25, -0.2) is 0 Å². The third-order valence-electron chi connectivity index (χ3n) is 2.88. The number of H-pyrrole nitrogens is 1. The molecule has 2 rings (SSSR count). The summed E-state index contributed by atoms with van der Waals surface area (Å²) >= 11 is 3.45. The van der Waals surface area contributed by atoms with Crippen LogP contribution in [-0.2, 0) is 6.42 Å². The molecule has 5 heteroatoms. The quantitative estimate of drug-likeness (QED) is 0.913. The Morgan fingerprint density at radius 2 is 2.05 bits per heavy atom. The molecule has 1 aromatic heterocycles. The fourth-order valence-corrected chi connectivity index (χ4v) is 2.37. The Kier molecular flexibility index (Phi) is 4.04. The summed E-state index contributed by atoms with van der Waals surface area (Å²) in [6.45, 7) is 3.69. The minimum atomic E-state index is -0.274. The van der Waals surface area contributed by atoms with Crippen LogP contribution >= 0.6 is 15.9 Å². The lowest BCUT2D eigenvalue weighted by Gasteiger charge is -2.09. The average molecular weight is 323 g/mol. The molecule has 0 amide bonds. The number of aromatic hydroxyl groups is 1. The fraction of sp³-hybridized carbons (Fsp3) is 0.286. The number of aromatic amines is 1. The van der Waals surface area contributed by atoms with Crippen LogP contribution in [0.25, 0.3) is 0 Å². The maximum Gasteiger partial charge on any atom is 0.258 e. The van der Waals surface area contributed by atoms with Gasteiger partial charge in [-0.3, -0.25) is 4.79 Å². The highest BCUT2D eigenvalue weighted by Gasteiger charge is 2.14. The smallest absolute Gasteiger partial charge is 0.258 e. The summed E-state index contributed by atoms with van der Waals surface area (Å²) in [5.74, 6) is 0.216. The van der Waals surface area contributed by atoms with Crippen LogP contribution in [0.3, 0.4) is 0 Å². The van der Waals surface area contributed by atoms with E-state index in [1.54, 1.807) is 0 Å². The third kappa shape index (κ3) is 3.04. The summed E-state index contributed by atoms with van der Waals surface area (Å²) in [7, 11) is 0. The van der Waals surface area contributed by atoms with Gasteiger partial charge in [0.05, 0.1) is 5.56 Å². The first-order valence-electron chi connectivity index (χ1n) is 6.04. The van der Waals surface area contributed by atoms with E-state index in [1.165, 1.54) is 0 Å². The molecule has 0 aliphatic heterocycles. The molecule has 0 bridgehead atoms. The van der Waals surface area contributed by atoms with Crippen molar-refractivity contribution in [2.75, 3.05) is 0 Å². The van der Waals surface area contributed by atoms with E-state index in [0.29, 0.717) is 17.8 Å². The molecule has 0 fully saturated rings. The first-order chi connectivity index (χ1) is 8.99. The van der Waals surface area contributed by atoms with Gasteiger partial charge in [0.1, 0.15) is 5.82 Å². The first-order valence-corrected chi connectivity index (χ1v) is 6.83. The van der Waals surface area contributed by atoms with Gasteiger partial charge in [-0.2, -0.15) is 4.98 Å². The number of halogens is 1. The van der Waals surface area contributed by atoms with E-state index in [2.05, 4.69) is 25.9 Å². The maximum absolute atomic E-state index is 11.9. The van der Waals surface area contributed by atoms with Gasteiger partial charge < -0.3 is 10.1 Å². The highest BCUT2D eigenvalue weighted by atomic mass is 79.9. The van der Waals surface area contributed by atoms with E-state index >= 15 is 0 Å². The van der Waals surface area contributed by atoms with Gasteiger partial charge >= 0.3 is 0 Å². The summed E-state index contributed by atoms with van der Waals surface area (Å²) < 4.78 is 0.949. The second kappa shape index (κ2) is 5.57. The van der Waals surface area contributed by atoms with Crippen molar-refractivity contribution in [1.29, 1.82) is 0 Å². The normalized spacial score (nSPS) is 10.9. The Balaban J connectivity index is 2.38. The number of nitrogens with one attached hydrogen (secondary N) is 1. The minimum absolute atomic E-state index is 0.0613. The Hall–Kier alpha value is -1.62. The average Bonchev–Trinajstić information content (AvgIpc) is 2.30. The van der Waals surface area contributed by atoms with Crippen molar-refractivity contribution in [3.8, 4) is 5.88 Å². The van der Waals surface area contributed by atoms with E-state index in [-0.39, 0.29) is 17.4 Å². The molecule has 2 aromatic rings. The van der Waals surface area contributed by atoms with Crippen LogP contribution < -0.4 is 5.56 Å². The summed E-state index contributed by atoms with van der Waals surface area (Å²) in [5.41, 5.74) is 1.06. The van der Waals surface area contributed by atoms with Crippen LogP contribution in [0.5, 0.6) is 5.88 Å². The van der Waals surface area contributed by atoms with Crippen LogP contribution in [-0.4, -0.2) is 15.1 Å². The molecule has 0 atom stereocenters. The molecular formula is C14H15BrN2O2. The third-order valence-corrected chi connectivity index (χ3v) is 3.65. The largest absolute Gasteiger partial charge is 0.493 e. The molecule has 2 N–H and O–H groups in total. The lowest BCUT2D eigenvalue weighted by Crippen LogP contribution is -2.18. The van der Waals surface area contributed by atoms with Crippen LogP contribution in [0.15, 0.2) is 33.5 Å². The standard InChI is InChI=1S/C14H15BrN2O2/c1-8(2)12-13(18)16-11(17-14(12)19)7-9-5-3-4-6-10(9)15/h3-6,8H,7H2,1-2H3,(H2,16,17,18,19). The molecule has 0 aliphatic carbocycles. The highest BCUT2D eigenvalue weighted by molar-refractivity contribution is 9.10. The topological polar surface area (TPSA) is 66.0 Å². The number of rotatable bonds is 3. The molecule has 0 unspecified atom stereocenters. The highest BCUT2D eigenvalue weighted by Crippen LogP contribution is 2.21. The number of nitrogens with zero attached hydrogens (tertiary/aromatic N) is 1. The van der Waals surface area contributed by atoms with Crippen molar-refractivity contribution >= 4 is 15.9 Å². The van der Waals surface area contributed by atoms with E-state index in [4.69, 9.17) is 0 Å². The number of hydrogen-bond acceptors (Lipinski definition) is 3. The lowest BCUT2D eigenvalue weighted by molar-refractivity contribution is 0.436. The number of hydrogen-bond donors (Lipinski definition) is 2. The Morgan fingerprint density at radius 3 is 2.63 bits per heavy atom. The molecule has 0 aliphatic rings. The van der Waals surface area contributed by atoms with Gasteiger partial charge in [0.2, 0.25) is 5.88 Å². The van der Waals surface area contributed by atoms with E-state index in [0.717, 1.165) is 10.0 Å². The minimum Gasteiger partial charge on any atom is -0.493 e. The van der Waals surface area contributed by atoms with Crippen molar-refractivity contribution in [2.24, 2.45) is 0 Å². The molecule has 1 aromatic carbocycles. The predicted molar refractivity (Wildman–Crippen MR) is 77.6 cm³/mol. The maximum atomic E-state index is 11.9. The Labute approximate surface area is 119 Å². The van der Waals surface area contributed by atoms with Gasteiger partial charge in [0.15, 0.2) is 0 Å². The summed E-state index contributed by atoms with van der Waals surface area (Å²) in [6.07, 6.45) is 0.461. The number of benzene rings is 1. The molecule has 4 nitrogen and oxygen atoms in total. The summed E-state index contributed by atoms with van der Waals surface area (Å²) in [6, 6.07) is 7.71. The predicted octanol–water partition coefficient (Wildman–Crippen LogP) is 2.95. The second-order valence-electron chi connectivity index (χ2n) is 4.67. The molecule has 0 spiro atoms. The van der Waals surface area contributed by atoms with Gasteiger partial charge in [-0.05, 0) is 17.5 Å². The fourth-order valence-electron chi connectivity index (χ4n) is 1.94. The monoisotopic (exact) mass is 322 g/mol. The first kappa shape index (κ1) is 13.8. The van der Waals surface area contributed by atoms with E-state index < -0.39 is 0 Å². The van der Waals surface area contributed by atoms with Gasteiger partial charge in [0.25, 0.3) is 5.56 Å². The van der Waals surface area contributed by atoms with E-state index in [9.17, 15) is 9.90 Å². The molecule has 1 heterocycles. The van der Waals surface area contributed by atoms with Crippen molar-refractivity contribution in [1.82, 2.24) is 9.97 Å². The van der Waals surface area contributed by atoms with Crippen LogP contribution in [0, 0.1) is 0 Å². The summed E-state index contributed by atoms with van der Waals surface area (Å²) in [4.78, 5) is 18.7. The van der Waals surface area contributed by atoms with Crippen molar-refractivity contribution in [2.45, 2.75) is 26.2 Å². The van der Waals surface area contributed by atoms with Crippen LogP contribution in [0.1, 0.15) is 36.7 Å². The summed E-state index contributed by atoms with van der Waals surface area (Å²) in [5, 5.41) is 9.85. The zero-order valence-corrected chi connectivity index (χ0v) is 12.4. The molecule has 0 saturated carbocycles. The van der Waals surface area contributed by atoms with Crippen molar-refractivity contribution in [3.05, 3.63) is 56.0 Å². The van der Waals surface area contributed by atoms with E-state index in [1.807, 2.05) is 38.1 Å². The Morgan fingerprint density at radius 1 is 1.37 bits per heavy atom. The lowest BCUT2D eigenvalue weighted by atomic mass is 10.1. The van der Waals surface area contributed by atoms with Crippen molar-refractivity contribution < 1.29 is 5.11 Å². The molecule has 100 valence electrons. The zero-order chi connectivity index (χ0) is 14.0. The Bertz CT molecular complexity index is 650. The van der Waals surface area contributed by atoms with Gasteiger partial charge in [0, 0.05) is 10.9 Å². The molecule has 0 radical (unpaired) electrons. The zero-order valence-electron chi connectivity index (χ0n) is 10.8. The van der Waals surface area contributed by atoms with Crippen molar-refractivity contribution in [3.63, 3.8) is 0 Å². The van der Waals surface area contributed by atoms with Crippen LogP contribution in [0.2, 0.25) is 0 Å². The molecule has 19 heavy (non-hydrogen) atoms. The number of aromatic nitrogens is 2. The second-order valence-corrected chi connectivity index (χ2v) is 5.53. The molecular weight excluding hydrogens is 308 g/mol. The SMILES string of the molecule is CC(C)c1c(O)nc(Cc2ccccc2Br)[nH]c1=O. The van der Waals surface area contributed by atoms with Gasteiger partial charge in [-0.15, -0.1) is 0 Å². The van der Waals surface area contributed by atoms with Crippen LogP contribution in [0.4, 0.5) is 0 Å². The molecule has 0 saturated heterocycles. The van der Waals surface area contributed by atoms with Gasteiger partial charge in [-0.1, -0.05) is 48.0 Å².